The van der Waals surface area contributed by atoms with E-state index in [4.69, 9.17) is 4.42 Å². The molecule has 0 spiro atoms. The summed E-state index contributed by atoms with van der Waals surface area (Å²) in [7, 11) is 0. The van der Waals surface area contributed by atoms with Gasteiger partial charge < -0.3 is 19.9 Å². The maximum atomic E-state index is 13.1. The molecular formula is C28H29NO5. The van der Waals surface area contributed by atoms with Gasteiger partial charge in [0.25, 0.3) is 5.91 Å². The van der Waals surface area contributed by atoms with Crippen LogP contribution in [0.4, 0.5) is 0 Å². The number of benzene rings is 2. The van der Waals surface area contributed by atoms with Gasteiger partial charge in [-0.1, -0.05) is 18.6 Å². The number of hydrogen-bond donors (Lipinski definition) is 3. The minimum absolute atomic E-state index is 0.0664. The number of hydrogen-bond acceptors (Lipinski definition) is 5. The normalized spacial score (nSPS) is 27.8. The van der Waals surface area contributed by atoms with E-state index >= 15 is 0 Å². The summed E-state index contributed by atoms with van der Waals surface area (Å²) in [5.74, 6) is -0.191. The fourth-order valence-corrected chi connectivity index (χ4v) is 7.01. The topological polar surface area (TPSA) is 99.8 Å². The molecule has 2 bridgehead atoms. The Balaban J connectivity index is 1.27. The molecule has 3 atom stereocenters. The molecule has 0 radical (unpaired) electrons. The number of carbonyl (C=O) groups is 2. The molecule has 3 aliphatic rings. The van der Waals surface area contributed by atoms with Gasteiger partial charge in [-0.3, -0.25) is 9.59 Å². The monoisotopic (exact) mass is 459 g/mol. The Morgan fingerprint density at radius 2 is 2.06 bits per heavy atom. The highest BCUT2D eigenvalue weighted by atomic mass is 16.3. The first-order valence-electron chi connectivity index (χ1n) is 12.2. The lowest BCUT2D eigenvalue weighted by atomic mass is 9.46. The van der Waals surface area contributed by atoms with Crippen molar-refractivity contribution >= 4 is 22.7 Å². The summed E-state index contributed by atoms with van der Waals surface area (Å²) in [6.45, 7) is 0.425. The van der Waals surface area contributed by atoms with Crippen molar-refractivity contribution in [3.05, 3.63) is 64.9 Å². The molecule has 0 unspecified atom stereocenters. The summed E-state index contributed by atoms with van der Waals surface area (Å²) >= 11 is 0. The van der Waals surface area contributed by atoms with Crippen LogP contribution in [0.15, 0.2) is 47.1 Å². The van der Waals surface area contributed by atoms with E-state index in [1.54, 1.807) is 12.3 Å². The minimum Gasteiger partial charge on any atom is -0.507 e. The van der Waals surface area contributed by atoms with Gasteiger partial charge in [-0.15, -0.1) is 0 Å². The molecule has 3 N–H and O–H groups in total. The fourth-order valence-electron chi connectivity index (χ4n) is 7.01. The van der Waals surface area contributed by atoms with Crippen LogP contribution in [0.3, 0.4) is 0 Å². The molecule has 1 heterocycles. The van der Waals surface area contributed by atoms with Crippen LogP contribution in [-0.2, 0) is 23.1 Å². The van der Waals surface area contributed by atoms with E-state index in [0.29, 0.717) is 44.2 Å². The summed E-state index contributed by atoms with van der Waals surface area (Å²) in [5.41, 5.74) is 1.94. The molecule has 34 heavy (non-hydrogen) atoms. The summed E-state index contributed by atoms with van der Waals surface area (Å²) in [6, 6.07) is 11.5. The van der Waals surface area contributed by atoms with E-state index in [0.717, 1.165) is 34.9 Å². The summed E-state index contributed by atoms with van der Waals surface area (Å²) in [4.78, 5) is 25.6. The number of phenolic OH excluding ortho intramolecular Hbond substituents is 1. The molecule has 0 aliphatic heterocycles. The number of fused-ring (bicyclic) bond motifs is 2. The van der Waals surface area contributed by atoms with Crippen LogP contribution in [0.25, 0.3) is 11.0 Å². The third-order valence-electron chi connectivity index (χ3n) is 8.61. The number of rotatable bonds is 4. The van der Waals surface area contributed by atoms with E-state index in [1.807, 2.05) is 30.3 Å². The van der Waals surface area contributed by atoms with Crippen LogP contribution >= 0.6 is 0 Å². The molecule has 2 fully saturated rings. The van der Waals surface area contributed by atoms with Crippen LogP contribution in [-0.4, -0.2) is 34.0 Å². The van der Waals surface area contributed by atoms with Crippen molar-refractivity contribution in [2.75, 3.05) is 6.54 Å². The lowest BCUT2D eigenvalue weighted by Crippen LogP contribution is -2.64. The van der Waals surface area contributed by atoms with Gasteiger partial charge in [0, 0.05) is 35.8 Å². The van der Waals surface area contributed by atoms with Crippen molar-refractivity contribution in [2.45, 2.75) is 62.4 Å². The van der Waals surface area contributed by atoms with Crippen molar-refractivity contribution in [1.29, 1.82) is 0 Å². The molecule has 3 aliphatic carbocycles. The number of Topliss-reactive ketones (excluding diaryl/α,β-unsaturated/α-hetero) is 1. The molecule has 6 rings (SSSR count). The first-order valence-corrected chi connectivity index (χ1v) is 12.2. The van der Waals surface area contributed by atoms with Crippen molar-refractivity contribution < 1.29 is 24.2 Å². The smallest absolute Gasteiger partial charge is 0.255 e. The predicted octanol–water partition coefficient (Wildman–Crippen LogP) is 4.19. The van der Waals surface area contributed by atoms with E-state index in [2.05, 4.69) is 5.32 Å². The standard InChI is InChI=1S/C28H29NO5/c30-21-7-11-28(33)20-2-1-10-27(28,16-21)24-19(15-20)4-5-22(25(24)31)26(32)29-12-8-17-3-6-23-18(14-17)9-13-34-23/h3-6,9,13-14,20,31,33H,1-2,7-8,10-12,15-16H2,(H,29,32)/t20-,27-,28-/m1/s1. The van der Waals surface area contributed by atoms with Crippen molar-refractivity contribution in [3.8, 4) is 5.75 Å². The first kappa shape index (κ1) is 21.4. The average Bonchev–Trinajstić information content (AvgIpc) is 3.27. The van der Waals surface area contributed by atoms with Crippen LogP contribution < -0.4 is 5.32 Å². The second-order valence-corrected chi connectivity index (χ2v) is 10.3. The van der Waals surface area contributed by atoms with Gasteiger partial charge in [0.2, 0.25) is 0 Å². The second kappa shape index (κ2) is 7.70. The lowest BCUT2D eigenvalue weighted by molar-refractivity contribution is -0.160. The molecule has 6 nitrogen and oxygen atoms in total. The Labute approximate surface area is 198 Å². The number of amides is 1. The largest absolute Gasteiger partial charge is 0.507 e. The van der Waals surface area contributed by atoms with E-state index in [1.165, 1.54) is 0 Å². The van der Waals surface area contributed by atoms with Crippen LogP contribution in [0.1, 0.15) is 65.6 Å². The lowest BCUT2D eigenvalue weighted by Gasteiger charge is -2.60. The highest BCUT2D eigenvalue weighted by Crippen LogP contribution is 2.62. The Bertz CT molecular complexity index is 1310. The van der Waals surface area contributed by atoms with Gasteiger partial charge in [0.1, 0.15) is 17.1 Å². The highest BCUT2D eigenvalue weighted by molar-refractivity contribution is 5.98. The summed E-state index contributed by atoms with van der Waals surface area (Å²) in [5, 5.41) is 27.2. The quantitative estimate of drug-likeness (QED) is 0.543. The number of aliphatic hydroxyl groups is 1. The molecule has 3 aromatic rings. The van der Waals surface area contributed by atoms with Gasteiger partial charge in [-0.25, -0.2) is 0 Å². The highest BCUT2D eigenvalue weighted by Gasteiger charge is 2.63. The number of phenols is 1. The molecule has 176 valence electrons. The molecule has 2 aromatic carbocycles. The van der Waals surface area contributed by atoms with E-state index in [9.17, 15) is 19.8 Å². The Morgan fingerprint density at radius 1 is 1.18 bits per heavy atom. The maximum Gasteiger partial charge on any atom is 0.255 e. The van der Waals surface area contributed by atoms with Gasteiger partial charge in [0.05, 0.1) is 17.4 Å². The number of nitrogens with one attached hydrogen (secondary N) is 1. The van der Waals surface area contributed by atoms with Crippen molar-refractivity contribution in [1.82, 2.24) is 5.32 Å². The molecule has 1 amide bonds. The number of ketones is 1. The average molecular weight is 460 g/mol. The molecule has 2 saturated carbocycles. The van der Waals surface area contributed by atoms with Gasteiger partial charge in [-0.05, 0) is 73.4 Å². The summed E-state index contributed by atoms with van der Waals surface area (Å²) < 4.78 is 5.38. The fraction of sp³-hybridized carbons (Fsp3) is 0.429. The predicted molar refractivity (Wildman–Crippen MR) is 127 cm³/mol. The van der Waals surface area contributed by atoms with E-state index in [-0.39, 0.29) is 35.3 Å². The van der Waals surface area contributed by atoms with Crippen LogP contribution in [0.5, 0.6) is 5.75 Å². The molecular weight excluding hydrogens is 430 g/mol. The summed E-state index contributed by atoms with van der Waals surface area (Å²) in [6.07, 6.45) is 6.55. The van der Waals surface area contributed by atoms with Gasteiger partial charge in [-0.2, -0.15) is 0 Å². The SMILES string of the molecule is O=C1CC[C@@]2(O)[C@@H]3CCC[C@@]2(C1)c1c(ccc(C(=O)NCCc2ccc4occc4c2)c1O)C3. The second-order valence-electron chi connectivity index (χ2n) is 10.3. The van der Waals surface area contributed by atoms with Crippen LogP contribution in [0, 0.1) is 5.92 Å². The third kappa shape index (κ3) is 3.04. The zero-order chi connectivity index (χ0) is 23.5. The van der Waals surface area contributed by atoms with E-state index < -0.39 is 11.0 Å². The van der Waals surface area contributed by atoms with Crippen molar-refractivity contribution in [2.24, 2.45) is 5.92 Å². The Kier molecular flexibility index (Phi) is 4.85. The minimum atomic E-state index is -0.996. The zero-order valence-electron chi connectivity index (χ0n) is 19.1. The van der Waals surface area contributed by atoms with Crippen LogP contribution in [0.2, 0.25) is 0 Å². The Morgan fingerprint density at radius 3 is 2.94 bits per heavy atom. The molecule has 1 aromatic heterocycles. The number of furan rings is 1. The van der Waals surface area contributed by atoms with Gasteiger partial charge in [0.15, 0.2) is 0 Å². The number of aromatic hydroxyl groups is 1. The van der Waals surface area contributed by atoms with Crippen molar-refractivity contribution in [3.63, 3.8) is 0 Å². The zero-order valence-corrected chi connectivity index (χ0v) is 19.1. The molecule has 0 saturated heterocycles. The maximum absolute atomic E-state index is 13.1. The number of carbonyl (C=O) groups excluding carboxylic acids is 2. The first-order chi connectivity index (χ1) is 16.4. The molecule has 6 heteroatoms. The van der Waals surface area contributed by atoms with Gasteiger partial charge >= 0.3 is 0 Å². The Hall–Kier alpha value is -3.12. The third-order valence-corrected chi connectivity index (χ3v) is 8.61.